The van der Waals surface area contributed by atoms with E-state index in [4.69, 9.17) is 5.11 Å². The highest BCUT2D eigenvalue weighted by Crippen LogP contribution is 2.19. The van der Waals surface area contributed by atoms with Crippen LogP contribution in [0.1, 0.15) is 26.7 Å². The van der Waals surface area contributed by atoms with Gasteiger partial charge in [0.25, 0.3) is 0 Å². The molecule has 0 heterocycles. The Morgan fingerprint density at radius 3 is 1.90 bits per heavy atom. The molecule has 0 saturated heterocycles. The molecule has 0 aromatic rings. The molecule has 3 nitrogen and oxygen atoms in total. The summed E-state index contributed by atoms with van der Waals surface area (Å²) in [6, 6.07) is 0. The van der Waals surface area contributed by atoms with Crippen molar-refractivity contribution in [2.45, 2.75) is 38.6 Å². The van der Waals surface area contributed by atoms with Gasteiger partial charge >= 0.3 is 0 Å². The zero-order valence-electron chi connectivity index (χ0n) is 6.79. The summed E-state index contributed by atoms with van der Waals surface area (Å²) in [6.45, 7) is 3.62. The molecule has 1 unspecified atom stereocenters. The largest absolute Gasteiger partial charge is 0.385 e. The highest BCUT2D eigenvalue weighted by Gasteiger charge is 2.31. The maximum atomic E-state index is 9.52. The van der Waals surface area contributed by atoms with E-state index >= 15 is 0 Å². The Bertz CT molecular complexity index is 88.9. The Morgan fingerprint density at radius 2 is 1.80 bits per heavy atom. The van der Waals surface area contributed by atoms with Crippen LogP contribution in [0.5, 0.6) is 0 Å². The predicted octanol–water partition coefficient (Wildman–Crippen LogP) is 0.502. The zero-order chi connectivity index (χ0) is 8.20. The van der Waals surface area contributed by atoms with Gasteiger partial charge in [-0.3, -0.25) is 0 Å². The number of aliphatic hydroxyl groups is 2. The van der Waals surface area contributed by atoms with E-state index in [1.807, 2.05) is 13.8 Å². The number of rotatable bonds is 4. The van der Waals surface area contributed by atoms with E-state index in [1.165, 1.54) is 7.11 Å². The summed E-state index contributed by atoms with van der Waals surface area (Å²) in [7, 11) is 1.38. The van der Waals surface area contributed by atoms with Gasteiger partial charge in [0, 0.05) is 7.11 Å². The van der Waals surface area contributed by atoms with Crippen molar-refractivity contribution in [3.05, 3.63) is 0 Å². The van der Waals surface area contributed by atoms with E-state index < -0.39 is 11.9 Å². The summed E-state index contributed by atoms with van der Waals surface area (Å²) in [5.41, 5.74) is -1.07. The highest BCUT2D eigenvalue weighted by atomic mass is 16.6. The topological polar surface area (TPSA) is 49.7 Å². The average Bonchev–Trinajstić information content (AvgIpc) is 2.01. The standard InChI is InChI=1S/C7H16O3/c1-4-7(9,5-2)6(8)10-3/h6,8-9H,4-5H2,1-3H3. The van der Waals surface area contributed by atoms with Crippen molar-refractivity contribution < 1.29 is 14.9 Å². The maximum absolute atomic E-state index is 9.52. The second-order valence-electron chi connectivity index (χ2n) is 2.40. The zero-order valence-corrected chi connectivity index (χ0v) is 6.79. The van der Waals surface area contributed by atoms with Gasteiger partial charge in [0.2, 0.25) is 0 Å². The van der Waals surface area contributed by atoms with Gasteiger partial charge in [-0.2, -0.15) is 0 Å². The normalized spacial score (nSPS) is 15.3. The van der Waals surface area contributed by atoms with Crippen molar-refractivity contribution in [1.29, 1.82) is 0 Å². The average molecular weight is 148 g/mol. The minimum absolute atomic E-state index is 0.499. The lowest BCUT2D eigenvalue weighted by Gasteiger charge is -2.29. The van der Waals surface area contributed by atoms with Gasteiger partial charge in [0.05, 0.1) is 0 Å². The Hall–Kier alpha value is -0.120. The van der Waals surface area contributed by atoms with Crippen molar-refractivity contribution >= 4 is 0 Å². The van der Waals surface area contributed by atoms with Crippen LogP contribution in [0.15, 0.2) is 0 Å². The number of methoxy groups -OCH3 is 1. The Labute approximate surface area is 61.6 Å². The molecule has 3 heteroatoms. The molecule has 62 valence electrons. The van der Waals surface area contributed by atoms with E-state index in [2.05, 4.69) is 4.74 Å². The van der Waals surface area contributed by atoms with E-state index in [-0.39, 0.29) is 0 Å². The Morgan fingerprint density at radius 1 is 1.40 bits per heavy atom. The van der Waals surface area contributed by atoms with Gasteiger partial charge in [-0.15, -0.1) is 0 Å². The number of ether oxygens (including phenoxy) is 1. The van der Waals surface area contributed by atoms with Crippen LogP contribution in [0, 0.1) is 0 Å². The fraction of sp³-hybridized carbons (Fsp3) is 1.00. The van der Waals surface area contributed by atoms with Gasteiger partial charge in [-0.05, 0) is 12.8 Å². The molecule has 0 spiro atoms. The SMILES string of the molecule is CCC(O)(CC)C(O)OC. The molecule has 0 radical (unpaired) electrons. The third-order valence-corrected chi connectivity index (χ3v) is 1.91. The molecule has 0 aliphatic rings. The summed E-state index contributed by atoms with van der Waals surface area (Å²) >= 11 is 0. The summed E-state index contributed by atoms with van der Waals surface area (Å²) in [4.78, 5) is 0. The maximum Gasteiger partial charge on any atom is 0.183 e. The fourth-order valence-electron chi connectivity index (χ4n) is 0.819. The summed E-state index contributed by atoms with van der Waals surface area (Å²) in [5, 5.41) is 18.6. The predicted molar refractivity (Wildman–Crippen MR) is 38.5 cm³/mol. The molecule has 0 aromatic heterocycles. The lowest BCUT2D eigenvalue weighted by Crippen LogP contribution is -2.42. The first-order chi connectivity index (χ1) is 4.60. The third kappa shape index (κ3) is 1.94. The molecule has 10 heavy (non-hydrogen) atoms. The number of hydrogen-bond donors (Lipinski definition) is 2. The van der Waals surface area contributed by atoms with Crippen LogP contribution in [0.4, 0.5) is 0 Å². The fourth-order valence-corrected chi connectivity index (χ4v) is 0.819. The quantitative estimate of drug-likeness (QED) is 0.571. The second-order valence-corrected chi connectivity index (χ2v) is 2.40. The van der Waals surface area contributed by atoms with Crippen LogP contribution < -0.4 is 0 Å². The molecule has 0 rings (SSSR count). The smallest absolute Gasteiger partial charge is 0.183 e. The van der Waals surface area contributed by atoms with Crippen molar-refractivity contribution in [1.82, 2.24) is 0 Å². The van der Waals surface area contributed by atoms with E-state index in [0.29, 0.717) is 12.8 Å². The van der Waals surface area contributed by atoms with Crippen LogP contribution >= 0.6 is 0 Å². The van der Waals surface area contributed by atoms with Crippen LogP contribution in [0.2, 0.25) is 0 Å². The van der Waals surface area contributed by atoms with Gasteiger partial charge in [0.1, 0.15) is 5.60 Å². The first-order valence-corrected chi connectivity index (χ1v) is 3.54. The highest BCUT2D eigenvalue weighted by molar-refractivity contribution is 4.77. The van der Waals surface area contributed by atoms with Crippen molar-refractivity contribution in [3.63, 3.8) is 0 Å². The summed E-state index contributed by atoms with van der Waals surface area (Å²) in [5.74, 6) is 0. The van der Waals surface area contributed by atoms with Crippen LogP contribution in [0.3, 0.4) is 0 Å². The molecule has 2 N–H and O–H groups in total. The van der Waals surface area contributed by atoms with Gasteiger partial charge in [0.15, 0.2) is 6.29 Å². The summed E-state index contributed by atoms with van der Waals surface area (Å²) < 4.78 is 4.60. The number of hydrogen-bond acceptors (Lipinski definition) is 3. The molecule has 0 fully saturated rings. The van der Waals surface area contributed by atoms with E-state index in [0.717, 1.165) is 0 Å². The Kier molecular flexibility index (Phi) is 3.86. The molecule has 0 aromatic carbocycles. The van der Waals surface area contributed by atoms with Gasteiger partial charge in [-0.1, -0.05) is 13.8 Å². The van der Waals surface area contributed by atoms with Crippen LogP contribution in [-0.2, 0) is 4.74 Å². The first kappa shape index (κ1) is 9.88. The molecular formula is C7H16O3. The summed E-state index contributed by atoms with van der Waals surface area (Å²) in [6.07, 6.45) is -0.0701. The molecule has 0 aliphatic heterocycles. The lowest BCUT2D eigenvalue weighted by molar-refractivity contribution is -0.202. The second kappa shape index (κ2) is 3.91. The van der Waals surface area contributed by atoms with Crippen molar-refractivity contribution in [2.75, 3.05) is 7.11 Å². The van der Waals surface area contributed by atoms with Crippen LogP contribution in [0.25, 0.3) is 0 Å². The Balaban J connectivity index is 4.02. The lowest BCUT2D eigenvalue weighted by atomic mass is 9.97. The molecular weight excluding hydrogens is 132 g/mol. The third-order valence-electron chi connectivity index (χ3n) is 1.91. The minimum Gasteiger partial charge on any atom is -0.385 e. The van der Waals surface area contributed by atoms with Gasteiger partial charge in [-0.25, -0.2) is 0 Å². The van der Waals surface area contributed by atoms with Crippen molar-refractivity contribution in [2.24, 2.45) is 0 Å². The monoisotopic (exact) mass is 148 g/mol. The van der Waals surface area contributed by atoms with Crippen LogP contribution in [-0.4, -0.2) is 29.2 Å². The number of aliphatic hydroxyl groups excluding tert-OH is 1. The van der Waals surface area contributed by atoms with Crippen molar-refractivity contribution in [3.8, 4) is 0 Å². The molecule has 0 saturated carbocycles. The van der Waals surface area contributed by atoms with E-state index in [9.17, 15) is 5.11 Å². The molecule has 1 atom stereocenters. The molecule has 0 amide bonds. The van der Waals surface area contributed by atoms with Gasteiger partial charge < -0.3 is 14.9 Å². The minimum atomic E-state index is -1.07. The van der Waals surface area contributed by atoms with E-state index in [1.54, 1.807) is 0 Å². The first-order valence-electron chi connectivity index (χ1n) is 3.54. The molecule has 0 bridgehead atoms. The molecule has 0 aliphatic carbocycles.